The normalized spacial score (nSPS) is 13.2. The number of carboxylic acid groups (broad SMARTS) is 1. The second-order valence-corrected chi connectivity index (χ2v) is 2.43. The molecule has 0 amide bonds. The number of carboxylic acids is 1. The monoisotopic (exact) mass is 159 g/mol. The van der Waals surface area contributed by atoms with Crippen LogP contribution < -0.4 is 5.32 Å². The van der Waals surface area contributed by atoms with Gasteiger partial charge >= 0.3 is 5.97 Å². The zero-order chi connectivity index (χ0) is 8.55. The first-order valence-electron chi connectivity index (χ1n) is 3.44. The maximum absolute atomic E-state index is 10.5. The van der Waals surface area contributed by atoms with E-state index in [0.717, 1.165) is 5.56 Å². The fourth-order valence-electron chi connectivity index (χ4n) is 1.07. The first-order valence-corrected chi connectivity index (χ1v) is 3.44. The van der Waals surface area contributed by atoms with Crippen molar-refractivity contribution in [3.8, 4) is 0 Å². The van der Waals surface area contributed by atoms with E-state index in [1.807, 2.05) is 0 Å². The number of rotatable bonds is 1. The molecule has 0 atom stereocenters. The van der Waals surface area contributed by atoms with Gasteiger partial charge < -0.3 is 5.11 Å². The molecule has 0 spiro atoms. The van der Waals surface area contributed by atoms with Crippen LogP contribution in [0.3, 0.4) is 0 Å². The van der Waals surface area contributed by atoms with E-state index in [0.29, 0.717) is 5.69 Å². The highest BCUT2D eigenvalue weighted by atomic mass is 16.4. The minimum Gasteiger partial charge on any atom is -0.477 e. The number of fused-ring (bicyclic) bond motifs is 1. The van der Waals surface area contributed by atoms with Crippen molar-refractivity contribution in [1.82, 2.24) is 5.32 Å². The third-order valence-electron chi connectivity index (χ3n) is 1.63. The maximum atomic E-state index is 10.5. The van der Waals surface area contributed by atoms with Gasteiger partial charge in [0.1, 0.15) is 5.70 Å². The predicted octanol–water partition coefficient (Wildman–Crippen LogP) is 1.16. The van der Waals surface area contributed by atoms with Crippen LogP contribution in [0.25, 0.3) is 6.08 Å². The molecule has 0 aliphatic carbocycles. The molecule has 58 valence electrons. The molecule has 2 rings (SSSR count). The molecule has 1 aromatic carbocycles. The predicted molar refractivity (Wildman–Crippen MR) is 42.7 cm³/mol. The summed E-state index contributed by atoms with van der Waals surface area (Å²) < 4.78 is 0. The largest absolute Gasteiger partial charge is 0.477 e. The lowest BCUT2D eigenvalue weighted by Gasteiger charge is -1.94. The van der Waals surface area contributed by atoms with Gasteiger partial charge in [0.05, 0.1) is 5.69 Å². The summed E-state index contributed by atoms with van der Waals surface area (Å²) in [5.41, 5.74) is 1.60. The third-order valence-corrected chi connectivity index (χ3v) is 1.63. The number of benzene rings is 1. The Bertz CT molecular complexity index is 369. The van der Waals surface area contributed by atoms with E-state index in [9.17, 15) is 4.79 Å². The average Bonchev–Trinajstić information content (AvgIpc) is 2.46. The minimum absolute atomic E-state index is 0.0876. The average molecular weight is 159 g/mol. The Morgan fingerprint density at radius 1 is 1.58 bits per heavy atom. The summed E-state index contributed by atoms with van der Waals surface area (Å²) in [7, 11) is 0. The van der Waals surface area contributed by atoms with Crippen molar-refractivity contribution in [2.24, 2.45) is 0 Å². The van der Waals surface area contributed by atoms with Gasteiger partial charge in [0.25, 0.3) is 0 Å². The number of aliphatic carboxylic acids is 1. The Labute approximate surface area is 69.3 Å². The highest BCUT2D eigenvalue weighted by Crippen LogP contribution is 2.26. The molecule has 3 nitrogen and oxygen atoms in total. The molecule has 0 fully saturated rings. The van der Waals surface area contributed by atoms with Gasteiger partial charge in [-0.1, -0.05) is 12.1 Å². The van der Waals surface area contributed by atoms with Crippen LogP contribution in [0.15, 0.2) is 23.9 Å². The molecule has 0 unspecified atom stereocenters. The Morgan fingerprint density at radius 2 is 2.42 bits per heavy atom. The summed E-state index contributed by atoms with van der Waals surface area (Å²) in [6.45, 7) is 0. The van der Waals surface area contributed by atoms with Gasteiger partial charge in [-0.2, -0.15) is 0 Å². The molecule has 1 aliphatic heterocycles. The highest BCUT2D eigenvalue weighted by molar-refractivity contribution is 5.96. The van der Waals surface area contributed by atoms with Crippen LogP contribution >= 0.6 is 0 Å². The van der Waals surface area contributed by atoms with Crippen LogP contribution in [0.5, 0.6) is 0 Å². The second-order valence-electron chi connectivity index (χ2n) is 2.43. The van der Waals surface area contributed by atoms with E-state index in [2.05, 4.69) is 11.4 Å². The Hall–Kier alpha value is -1.77. The zero-order valence-corrected chi connectivity index (χ0v) is 6.11. The lowest BCUT2D eigenvalue weighted by molar-refractivity contribution is -0.132. The molecular formula is C9H5NO2. The topological polar surface area (TPSA) is 51.4 Å². The molecule has 0 bridgehead atoms. The van der Waals surface area contributed by atoms with E-state index >= 15 is 0 Å². The standard InChI is InChI=1S/C9H5NO2/c11-9(12)8-5-6-3-1-2-4-7(6)10-8/h1,3-5H,(H,11,12). The van der Waals surface area contributed by atoms with Crippen molar-refractivity contribution in [3.05, 3.63) is 35.5 Å². The zero-order valence-electron chi connectivity index (χ0n) is 6.11. The second kappa shape index (κ2) is 2.37. The molecule has 12 heavy (non-hydrogen) atoms. The molecule has 0 saturated heterocycles. The van der Waals surface area contributed by atoms with Gasteiger partial charge in [-0.3, -0.25) is 0 Å². The van der Waals surface area contributed by atoms with Gasteiger partial charge in [0, 0.05) is 5.56 Å². The first kappa shape index (κ1) is 6.91. The molecule has 2 radical (unpaired) electrons. The Kier molecular flexibility index (Phi) is 1.37. The minimum atomic E-state index is -0.994. The van der Waals surface area contributed by atoms with E-state index in [-0.39, 0.29) is 5.70 Å². The van der Waals surface area contributed by atoms with E-state index < -0.39 is 5.97 Å². The molecule has 0 aromatic heterocycles. The van der Waals surface area contributed by atoms with Crippen molar-refractivity contribution in [3.63, 3.8) is 0 Å². The Morgan fingerprint density at radius 3 is 3.08 bits per heavy atom. The number of hydrogen-bond donors (Lipinski definition) is 1. The lowest BCUT2D eigenvalue weighted by atomic mass is 10.2. The van der Waals surface area contributed by atoms with Gasteiger partial charge in [-0.25, -0.2) is 10.1 Å². The van der Waals surface area contributed by atoms with Crippen LogP contribution in [0.4, 0.5) is 5.69 Å². The van der Waals surface area contributed by atoms with Crippen molar-refractivity contribution < 1.29 is 9.90 Å². The van der Waals surface area contributed by atoms with Gasteiger partial charge in [-0.15, -0.1) is 0 Å². The highest BCUT2D eigenvalue weighted by Gasteiger charge is 2.17. The molecule has 1 heterocycles. The SMILES string of the molecule is O=C(O)C1=Cc2cc[c]cc2[N]1. The van der Waals surface area contributed by atoms with Crippen LogP contribution in [0.2, 0.25) is 0 Å². The molecule has 3 heteroatoms. The van der Waals surface area contributed by atoms with Gasteiger partial charge in [-0.05, 0) is 18.2 Å². The van der Waals surface area contributed by atoms with E-state index in [4.69, 9.17) is 5.11 Å². The summed E-state index contributed by atoms with van der Waals surface area (Å²) in [6.07, 6.45) is 1.55. The quantitative estimate of drug-likeness (QED) is 0.668. The molecule has 1 aliphatic rings. The summed E-state index contributed by atoms with van der Waals surface area (Å²) in [4.78, 5) is 10.5. The van der Waals surface area contributed by atoms with Crippen LogP contribution in [-0.2, 0) is 4.79 Å². The van der Waals surface area contributed by atoms with Crippen molar-refractivity contribution in [2.75, 3.05) is 0 Å². The van der Waals surface area contributed by atoms with Crippen LogP contribution in [0.1, 0.15) is 5.56 Å². The number of hydrogen-bond acceptors (Lipinski definition) is 1. The van der Waals surface area contributed by atoms with Crippen molar-refractivity contribution >= 4 is 17.7 Å². The van der Waals surface area contributed by atoms with Crippen LogP contribution in [0, 0.1) is 6.07 Å². The molecular weight excluding hydrogens is 154 g/mol. The molecule has 1 aromatic rings. The van der Waals surface area contributed by atoms with Gasteiger partial charge in [0.2, 0.25) is 0 Å². The third kappa shape index (κ3) is 0.955. The summed E-state index contributed by atoms with van der Waals surface area (Å²) in [6, 6.07) is 8.02. The molecule has 1 N–H and O–H groups in total. The fourth-order valence-corrected chi connectivity index (χ4v) is 1.07. The van der Waals surface area contributed by atoms with E-state index in [1.165, 1.54) is 0 Å². The van der Waals surface area contributed by atoms with Crippen LogP contribution in [-0.4, -0.2) is 11.1 Å². The Balaban J connectivity index is 2.41. The molecule has 0 saturated carbocycles. The summed E-state index contributed by atoms with van der Waals surface area (Å²) in [5.74, 6) is -0.994. The number of carbonyl (C=O) groups is 1. The summed E-state index contributed by atoms with van der Waals surface area (Å²) >= 11 is 0. The van der Waals surface area contributed by atoms with E-state index in [1.54, 1.807) is 24.3 Å². The fraction of sp³-hybridized carbons (Fsp3) is 0. The van der Waals surface area contributed by atoms with Crippen molar-refractivity contribution in [1.29, 1.82) is 0 Å². The first-order chi connectivity index (χ1) is 5.77. The van der Waals surface area contributed by atoms with Crippen molar-refractivity contribution in [2.45, 2.75) is 0 Å². The maximum Gasteiger partial charge on any atom is 0.354 e. The van der Waals surface area contributed by atoms with Gasteiger partial charge in [0.15, 0.2) is 0 Å². The lowest BCUT2D eigenvalue weighted by Crippen LogP contribution is -2.04. The summed E-state index contributed by atoms with van der Waals surface area (Å²) in [5, 5.41) is 12.5. The number of nitrogens with zero attached hydrogens (tertiary/aromatic N) is 1. The smallest absolute Gasteiger partial charge is 0.354 e.